The van der Waals surface area contributed by atoms with Crippen LogP contribution < -0.4 is 0 Å². The van der Waals surface area contributed by atoms with E-state index in [4.69, 9.17) is 11.6 Å². The fourth-order valence-corrected chi connectivity index (χ4v) is 3.22. The molecule has 6 heteroatoms. The number of nitrogens with zero attached hydrogens (tertiary/aromatic N) is 1. The topological polar surface area (TPSA) is 67.3 Å². The van der Waals surface area contributed by atoms with Crippen LogP contribution in [0.5, 0.6) is 0 Å². The van der Waals surface area contributed by atoms with Gasteiger partial charge in [-0.05, 0) is 29.8 Å². The summed E-state index contributed by atoms with van der Waals surface area (Å²) in [6.07, 6.45) is 2.59. The third-order valence-corrected chi connectivity index (χ3v) is 4.08. The number of benzene rings is 1. The molecule has 0 fully saturated rings. The van der Waals surface area contributed by atoms with Crippen molar-refractivity contribution >= 4 is 21.4 Å². The minimum atomic E-state index is -3.41. The highest BCUT2D eigenvalue weighted by Gasteiger charge is 2.36. The van der Waals surface area contributed by atoms with Gasteiger partial charge in [-0.15, -0.1) is 0 Å². The van der Waals surface area contributed by atoms with Crippen molar-refractivity contribution in [1.29, 1.82) is 0 Å². The van der Waals surface area contributed by atoms with E-state index in [9.17, 15) is 13.5 Å². The molecule has 0 aliphatic rings. The lowest BCUT2D eigenvalue weighted by Gasteiger charge is -2.27. The van der Waals surface area contributed by atoms with Crippen LogP contribution in [-0.4, -0.2) is 30.5 Å². The number of aromatic nitrogens is 1. The van der Waals surface area contributed by atoms with Crippen LogP contribution in [0, 0.1) is 0 Å². The highest BCUT2D eigenvalue weighted by atomic mass is 35.5. The van der Waals surface area contributed by atoms with Gasteiger partial charge in [0.25, 0.3) is 0 Å². The van der Waals surface area contributed by atoms with E-state index in [2.05, 4.69) is 4.98 Å². The third-order valence-electron chi connectivity index (χ3n) is 2.88. The van der Waals surface area contributed by atoms with Crippen molar-refractivity contribution in [3.63, 3.8) is 0 Å². The van der Waals surface area contributed by atoms with Gasteiger partial charge in [-0.25, -0.2) is 8.42 Å². The van der Waals surface area contributed by atoms with Crippen LogP contribution in [0.4, 0.5) is 0 Å². The zero-order chi connectivity index (χ0) is 14.8. The van der Waals surface area contributed by atoms with Crippen LogP contribution in [0.1, 0.15) is 11.3 Å². The van der Waals surface area contributed by atoms with Crippen molar-refractivity contribution < 1.29 is 13.5 Å². The van der Waals surface area contributed by atoms with Crippen LogP contribution in [0.3, 0.4) is 0 Å². The van der Waals surface area contributed by atoms with Crippen LogP contribution >= 0.6 is 11.6 Å². The van der Waals surface area contributed by atoms with E-state index in [1.807, 2.05) is 0 Å². The smallest absolute Gasteiger partial charge is 0.151 e. The van der Waals surface area contributed by atoms with Gasteiger partial charge in [-0.3, -0.25) is 4.98 Å². The van der Waals surface area contributed by atoms with E-state index < -0.39 is 21.2 Å². The molecule has 0 saturated heterocycles. The molecule has 1 aromatic heterocycles. The second-order valence-electron chi connectivity index (χ2n) is 4.65. The standard InChI is InChI=1S/C14H14ClNO3S/c1-20(18,19)10-14(17,13-4-2-3-9-16-13)11-5-7-12(15)8-6-11/h2-9,17H,10H2,1H3/t14-/m0/s1. The number of hydrogen-bond donors (Lipinski definition) is 1. The van der Waals surface area contributed by atoms with E-state index in [-0.39, 0.29) is 5.69 Å². The first-order valence-corrected chi connectivity index (χ1v) is 8.33. The van der Waals surface area contributed by atoms with Gasteiger partial charge in [0.2, 0.25) is 0 Å². The number of sulfone groups is 1. The molecule has 0 spiro atoms. The predicted molar refractivity (Wildman–Crippen MR) is 78.4 cm³/mol. The van der Waals surface area contributed by atoms with E-state index in [1.165, 1.54) is 6.20 Å². The van der Waals surface area contributed by atoms with Gasteiger partial charge in [-0.1, -0.05) is 29.8 Å². The highest BCUT2D eigenvalue weighted by molar-refractivity contribution is 7.90. The maximum absolute atomic E-state index is 11.6. The monoisotopic (exact) mass is 311 g/mol. The molecule has 1 atom stereocenters. The van der Waals surface area contributed by atoms with Gasteiger partial charge in [0.1, 0.15) is 5.60 Å². The van der Waals surface area contributed by atoms with Crippen molar-refractivity contribution in [3.05, 3.63) is 64.9 Å². The summed E-state index contributed by atoms with van der Waals surface area (Å²) in [6.45, 7) is 0. The Kier molecular flexibility index (Phi) is 4.13. The minimum Gasteiger partial charge on any atom is -0.378 e. The largest absolute Gasteiger partial charge is 0.378 e. The fourth-order valence-electron chi connectivity index (χ4n) is 2.02. The normalized spacial score (nSPS) is 14.8. The number of rotatable bonds is 4. The van der Waals surface area contributed by atoms with Gasteiger partial charge < -0.3 is 5.11 Å². The van der Waals surface area contributed by atoms with Gasteiger partial charge in [0.15, 0.2) is 9.84 Å². The molecule has 4 nitrogen and oxygen atoms in total. The molecule has 2 rings (SSSR count). The first-order valence-electron chi connectivity index (χ1n) is 5.89. The maximum atomic E-state index is 11.6. The molecule has 2 aromatic rings. The molecule has 0 radical (unpaired) electrons. The molecule has 0 unspecified atom stereocenters. The van der Waals surface area contributed by atoms with Crippen LogP contribution in [0.15, 0.2) is 48.7 Å². The van der Waals surface area contributed by atoms with E-state index in [1.54, 1.807) is 42.5 Å². The SMILES string of the molecule is CS(=O)(=O)C[C@](O)(c1ccc(Cl)cc1)c1ccccn1. The molecule has 1 N–H and O–H groups in total. The Balaban J connectivity index is 2.58. The molecule has 0 aliphatic heterocycles. The Hall–Kier alpha value is -1.43. The molecule has 0 bridgehead atoms. The first kappa shape index (κ1) is 15.0. The molecule has 1 aromatic carbocycles. The summed E-state index contributed by atoms with van der Waals surface area (Å²) in [6, 6.07) is 11.4. The maximum Gasteiger partial charge on any atom is 0.151 e. The summed E-state index contributed by atoms with van der Waals surface area (Å²) in [4.78, 5) is 4.09. The van der Waals surface area contributed by atoms with E-state index in [0.717, 1.165) is 6.26 Å². The van der Waals surface area contributed by atoms with Crippen molar-refractivity contribution in [2.75, 3.05) is 12.0 Å². The summed E-state index contributed by atoms with van der Waals surface area (Å²) in [7, 11) is -3.41. The Morgan fingerprint density at radius 3 is 2.35 bits per heavy atom. The molecule has 106 valence electrons. The third kappa shape index (κ3) is 3.36. The van der Waals surface area contributed by atoms with Gasteiger partial charge in [0.05, 0.1) is 11.4 Å². The summed E-state index contributed by atoms with van der Waals surface area (Å²) in [5.74, 6) is -0.446. The van der Waals surface area contributed by atoms with Crippen LogP contribution in [-0.2, 0) is 15.4 Å². The zero-order valence-corrected chi connectivity index (χ0v) is 12.4. The van der Waals surface area contributed by atoms with Crippen molar-refractivity contribution in [1.82, 2.24) is 4.98 Å². The lowest BCUT2D eigenvalue weighted by Crippen LogP contribution is -2.36. The molecular weight excluding hydrogens is 298 g/mol. The summed E-state index contributed by atoms with van der Waals surface area (Å²) in [5, 5.41) is 11.4. The Morgan fingerprint density at radius 2 is 1.85 bits per heavy atom. The first-order chi connectivity index (χ1) is 9.31. The molecule has 0 aliphatic carbocycles. The lowest BCUT2D eigenvalue weighted by molar-refractivity contribution is 0.101. The summed E-state index contributed by atoms with van der Waals surface area (Å²) >= 11 is 5.83. The number of aliphatic hydroxyl groups is 1. The Bertz CT molecular complexity index is 686. The Morgan fingerprint density at radius 1 is 1.20 bits per heavy atom. The van der Waals surface area contributed by atoms with Gasteiger partial charge >= 0.3 is 0 Å². The van der Waals surface area contributed by atoms with Crippen molar-refractivity contribution in [2.24, 2.45) is 0 Å². The average Bonchev–Trinajstić information content (AvgIpc) is 2.38. The van der Waals surface area contributed by atoms with Crippen LogP contribution in [0.25, 0.3) is 0 Å². The number of halogens is 1. The molecule has 20 heavy (non-hydrogen) atoms. The quantitative estimate of drug-likeness (QED) is 0.938. The molecular formula is C14H14ClNO3S. The second-order valence-corrected chi connectivity index (χ2v) is 7.23. The van der Waals surface area contributed by atoms with E-state index in [0.29, 0.717) is 10.6 Å². The molecule has 0 saturated carbocycles. The average molecular weight is 312 g/mol. The predicted octanol–water partition coefficient (Wildman–Crippen LogP) is 2.02. The summed E-state index contributed by atoms with van der Waals surface area (Å²) in [5.41, 5.74) is -0.974. The van der Waals surface area contributed by atoms with Gasteiger partial charge in [-0.2, -0.15) is 0 Å². The van der Waals surface area contributed by atoms with Crippen molar-refractivity contribution in [2.45, 2.75) is 5.60 Å². The van der Waals surface area contributed by atoms with Crippen LogP contribution in [0.2, 0.25) is 5.02 Å². The van der Waals surface area contributed by atoms with E-state index >= 15 is 0 Å². The van der Waals surface area contributed by atoms with Gasteiger partial charge in [0, 0.05) is 17.5 Å². The summed E-state index contributed by atoms with van der Waals surface area (Å²) < 4.78 is 23.3. The highest BCUT2D eigenvalue weighted by Crippen LogP contribution is 2.30. The molecule has 0 amide bonds. The van der Waals surface area contributed by atoms with Crippen molar-refractivity contribution in [3.8, 4) is 0 Å². The number of pyridine rings is 1. The zero-order valence-electron chi connectivity index (χ0n) is 10.8. The fraction of sp³-hybridized carbons (Fsp3) is 0.214. The number of hydrogen-bond acceptors (Lipinski definition) is 4. The minimum absolute atomic E-state index is 0.285. The second kappa shape index (κ2) is 5.52. The Labute approximate surface area is 123 Å². The molecule has 1 heterocycles. The lowest BCUT2D eigenvalue weighted by atomic mass is 9.92.